The van der Waals surface area contributed by atoms with Crippen molar-refractivity contribution in [1.82, 2.24) is 9.97 Å². The monoisotopic (exact) mass is 492 g/mol. The van der Waals surface area contributed by atoms with Crippen molar-refractivity contribution >= 4 is 29.3 Å². The fourth-order valence-corrected chi connectivity index (χ4v) is 5.93. The van der Waals surface area contributed by atoms with Gasteiger partial charge in [0.05, 0.1) is 18.1 Å². The third-order valence-electron chi connectivity index (χ3n) is 4.43. The molecular formula is C21H25N4O6PS. The first-order chi connectivity index (χ1) is 15.8. The lowest BCUT2D eigenvalue weighted by molar-refractivity contribution is 0.213. The zero-order chi connectivity index (χ0) is 23.9. The SMILES string of the molecule is CCOP(=O)(OCC)C(Nc1ccc(S(=O)(=O)Nc2ncccn2)cc1)c1ccccc1O. The summed E-state index contributed by atoms with van der Waals surface area (Å²) < 4.78 is 52.1. The van der Waals surface area contributed by atoms with Crippen LogP contribution in [0.15, 0.2) is 71.9 Å². The maximum absolute atomic E-state index is 13.6. The number of sulfonamides is 1. The summed E-state index contributed by atoms with van der Waals surface area (Å²) in [7, 11) is -7.66. The van der Waals surface area contributed by atoms with Gasteiger partial charge in [0.15, 0.2) is 5.78 Å². The van der Waals surface area contributed by atoms with Crippen LogP contribution in [0.5, 0.6) is 5.75 Å². The molecule has 0 radical (unpaired) electrons. The van der Waals surface area contributed by atoms with Crippen LogP contribution in [0, 0.1) is 0 Å². The molecule has 0 aliphatic heterocycles. The molecule has 0 fully saturated rings. The minimum absolute atomic E-state index is 0.0163. The van der Waals surface area contributed by atoms with Crippen molar-refractivity contribution < 1.29 is 27.1 Å². The lowest BCUT2D eigenvalue weighted by Gasteiger charge is -2.28. The fraction of sp³-hybridized carbons (Fsp3) is 0.238. The van der Waals surface area contributed by atoms with Crippen molar-refractivity contribution in [3.63, 3.8) is 0 Å². The zero-order valence-electron chi connectivity index (χ0n) is 18.1. The van der Waals surface area contributed by atoms with Crippen LogP contribution in [-0.2, 0) is 23.6 Å². The summed E-state index contributed by atoms with van der Waals surface area (Å²) in [5.41, 5.74) is 0.764. The highest BCUT2D eigenvalue weighted by molar-refractivity contribution is 7.92. The van der Waals surface area contributed by atoms with Gasteiger partial charge in [-0.05, 0) is 50.2 Å². The van der Waals surface area contributed by atoms with Crippen LogP contribution >= 0.6 is 7.60 Å². The number of rotatable bonds is 11. The summed E-state index contributed by atoms with van der Waals surface area (Å²) in [4.78, 5) is 7.69. The van der Waals surface area contributed by atoms with E-state index in [1.54, 1.807) is 38.1 Å². The Morgan fingerprint density at radius 2 is 1.58 bits per heavy atom. The molecule has 0 saturated heterocycles. The molecule has 0 spiro atoms. The number of aromatic hydroxyl groups is 1. The first-order valence-corrected chi connectivity index (χ1v) is 13.2. The van der Waals surface area contributed by atoms with Gasteiger partial charge in [0.1, 0.15) is 5.75 Å². The van der Waals surface area contributed by atoms with Crippen LogP contribution in [-0.4, -0.2) is 36.7 Å². The van der Waals surface area contributed by atoms with Gasteiger partial charge in [0, 0.05) is 23.6 Å². The summed E-state index contributed by atoms with van der Waals surface area (Å²) in [5.74, 6) is -1.16. The van der Waals surface area contributed by atoms with Crippen LogP contribution in [0.1, 0.15) is 25.2 Å². The number of nitrogens with one attached hydrogen (secondary N) is 2. The molecule has 10 nitrogen and oxygen atoms in total. The van der Waals surface area contributed by atoms with Crippen LogP contribution in [0.3, 0.4) is 0 Å². The molecule has 1 aromatic heterocycles. The van der Waals surface area contributed by atoms with Gasteiger partial charge in [-0.25, -0.2) is 23.1 Å². The van der Waals surface area contributed by atoms with Gasteiger partial charge in [-0.2, -0.15) is 0 Å². The second-order valence-corrected chi connectivity index (χ2v) is 10.5. The topological polar surface area (TPSA) is 140 Å². The highest BCUT2D eigenvalue weighted by Gasteiger charge is 2.38. The molecule has 3 rings (SSSR count). The smallest absolute Gasteiger partial charge is 0.357 e. The number of aromatic nitrogens is 2. The predicted octanol–water partition coefficient (Wildman–Crippen LogP) is 4.36. The average Bonchev–Trinajstić information content (AvgIpc) is 2.79. The maximum atomic E-state index is 13.6. The number of para-hydroxylation sites is 1. The molecule has 0 saturated carbocycles. The third kappa shape index (κ3) is 6.08. The molecule has 12 heteroatoms. The summed E-state index contributed by atoms with van der Waals surface area (Å²) in [6.45, 7) is 3.65. The normalized spacial score (nSPS) is 12.8. The number of phenols is 1. The lowest BCUT2D eigenvalue weighted by Crippen LogP contribution is -2.16. The van der Waals surface area contributed by atoms with Gasteiger partial charge in [-0.1, -0.05) is 18.2 Å². The van der Waals surface area contributed by atoms with E-state index in [9.17, 15) is 18.1 Å². The minimum Gasteiger partial charge on any atom is -0.508 e. The van der Waals surface area contributed by atoms with Crippen molar-refractivity contribution in [2.45, 2.75) is 24.5 Å². The van der Waals surface area contributed by atoms with Gasteiger partial charge in [0.2, 0.25) is 5.95 Å². The van der Waals surface area contributed by atoms with Gasteiger partial charge < -0.3 is 19.5 Å². The Balaban J connectivity index is 1.90. The van der Waals surface area contributed by atoms with Crippen molar-refractivity contribution in [3.05, 3.63) is 72.6 Å². The zero-order valence-corrected chi connectivity index (χ0v) is 19.8. The molecule has 0 aliphatic rings. The standard InChI is InChI=1S/C21H25N4O6PS/c1-3-30-32(27,31-4-2)20(18-8-5-6-9-19(18)26)24-16-10-12-17(13-11-16)33(28,29)25-21-22-14-7-15-23-21/h5-15,20,24,26H,3-4H2,1-2H3,(H,22,23,25). The Morgan fingerprint density at radius 3 is 2.15 bits per heavy atom. The average molecular weight is 492 g/mol. The Kier molecular flexibility index (Phi) is 8.04. The molecule has 0 amide bonds. The third-order valence-corrected chi connectivity index (χ3v) is 8.05. The number of benzene rings is 2. The quantitative estimate of drug-likeness (QED) is 0.333. The molecule has 33 heavy (non-hydrogen) atoms. The van der Waals surface area contributed by atoms with Crippen LogP contribution in [0.25, 0.3) is 0 Å². The van der Waals surface area contributed by atoms with Gasteiger partial charge >= 0.3 is 7.60 Å². The molecule has 3 aromatic rings. The van der Waals surface area contributed by atoms with E-state index in [1.165, 1.54) is 42.7 Å². The molecule has 1 unspecified atom stereocenters. The van der Waals surface area contributed by atoms with E-state index in [-0.39, 0.29) is 29.8 Å². The maximum Gasteiger partial charge on any atom is 0.357 e. The van der Waals surface area contributed by atoms with E-state index in [4.69, 9.17) is 9.05 Å². The van der Waals surface area contributed by atoms with E-state index < -0.39 is 23.4 Å². The summed E-state index contributed by atoms with van der Waals surface area (Å²) >= 11 is 0. The molecule has 0 aliphatic carbocycles. The fourth-order valence-electron chi connectivity index (χ4n) is 3.01. The van der Waals surface area contributed by atoms with Crippen molar-refractivity contribution in [1.29, 1.82) is 0 Å². The Hall–Kier alpha value is -2.98. The molecule has 1 heterocycles. The Bertz CT molecular complexity index is 1200. The first-order valence-electron chi connectivity index (χ1n) is 10.1. The highest BCUT2D eigenvalue weighted by Crippen LogP contribution is 2.61. The van der Waals surface area contributed by atoms with Gasteiger partial charge in [-0.15, -0.1) is 0 Å². The molecule has 0 bridgehead atoms. The number of hydrogen-bond acceptors (Lipinski definition) is 9. The number of anilines is 2. The molecule has 2 aromatic carbocycles. The number of hydrogen-bond donors (Lipinski definition) is 3. The highest BCUT2D eigenvalue weighted by atomic mass is 32.2. The largest absolute Gasteiger partial charge is 0.508 e. The summed E-state index contributed by atoms with van der Waals surface area (Å²) in [6, 6.07) is 13.8. The number of nitrogens with zero attached hydrogens (tertiary/aromatic N) is 2. The van der Waals surface area contributed by atoms with Crippen LogP contribution in [0.4, 0.5) is 11.6 Å². The van der Waals surface area contributed by atoms with Crippen molar-refractivity contribution in [2.24, 2.45) is 0 Å². The predicted molar refractivity (Wildman–Crippen MR) is 125 cm³/mol. The van der Waals surface area contributed by atoms with E-state index in [0.29, 0.717) is 11.3 Å². The van der Waals surface area contributed by atoms with Crippen molar-refractivity contribution in [3.8, 4) is 5.75 Å². The van der Waals surface area contributed by atoms with Gasteiger partial charge in [-0.3, -0.25) is 4.57 Å². The second-order valence-electron chi connectivity index (χ2n) is 6.68. The second kappa shape index (κ2) is 10.8. The van der Waals surface area contributed by atoms with Crippen LogP contribution < -0.4 is 10.0 Å². The van der Waals surface area contributed by atoms with Crippen LogP contribution in [0.2, 0.25) is 0 Å². The van der Waals surface area contributed by atoms with Gasteiger partial charge in [0.25, 0.3) is 10.0 Å². The van der Waals surface area contributed by atoms with Crippen molar-refractivity contribution in [2.75, 3.05) is 23.3 Å². The van der Waals surface area contributed by atoms with E-state index in [0.717, 1.165) is 0 Å². The Labute approximate surface area is 192 Å². The molecule has 3 N–H and O–H groups in total. The van der Waals surface area contributed by atoms with E-state index in [2.05, 4.69) is 20.0 Å². The van der Waals surface area contributed by atoms with E-state index in [1.807, 2.05) is 0 Å². The Morgan fingerprint density at radius 1 is 0.970 bits per heavy atom. The molecule has 176 valence electrons. The number of phenolic OH excluding ortho intramolecular Hbond substituents is 1. The summed E-state index contributed by atoms with van der Waals surface area (Å²) in [6.07, 6.45) is 2.85. The molecular weight excluding hydrogens is 467 g/mol. The van der Waals surface area contributed by atoms with E-state index >= 15 is 0 Å². The lowest BCUT2D eigenvalue weighted by atomic mass is 10.2. The first kappa shape index (κ1) is 24.7. The summed E-state index contributed by atoms with van der Waals surface area (Å²) in [5, 5.41) is 13.4. The minimum atomic E-state index is -3.91. The molecule has 1 atom stereocenters.